The Bertz CT molecular complexity index is 544. The lowest BCUT2D eigenvalue weighted by atomic mass is 9.95. The highest BCUT2D eigenvalue weighted by atomic mass is 32.2. The molecule has 2 saturated heterocycles. The Kier molecular flexibility index (Phi) is 4.73. The van der Waals surface area contributed by atoms with Gasteiger partial charge >= 0.3 is 15.5 Å². The van der Waals surface area contributed by atoms with Crippen LogP contribution in [-0.4, -0.2) is 79.4 Å². The van der Waals surface area contributed by atoms with Crippen molar-refractivity contribution in [2.75, 3.05) is 39.5 Å². The standard InChI is InChI=1S/C11H17F3N2O4S2/c1-15(2)9(17)4-20-8-3-10(21-5-8)6-16(7-10)22(18,19)11(12,13)14/h8H,3-7H2,1-2H3/t8-/m1/s1. The van der Waals surface area contributed by atoms with E-state index in [9.17, 15) is 26.4 Å². The van der Waals surface area contributed by atoms with Gasteiger partial charge in [-0.15, -0.1) is 11.8 Å². The Hall–Kier alpha value is -0.520. The summed E-state index contributed by atoms with van der Waals surface area (Å²) < 4.78 is 65.2. The number of sulfonamides is 1. The molecule has 128 valence electrons. The van der Waals surface area contributed by atoms with Gasteiger partial charge < -0.3 is 9.64 Å². The fourth-order valence-electron chi connectivity index (χ4n) is 2.36. The molecule has 6 nitrogen and oxygen atoms in total. The van der Waals surface area contributed by atoms with Gasteiger partial charge in [-0.25, -0.2) is 8.42 Å². The zero-order chi connectivity index (χ0) is 16.8. The van der Waals surface area contributed by atoms with E-state index in [1.54, 1.807) is 14.1 Å². The summed E-state index contributed by atoms with van der Waals surface area (Å²) in [5.41, 5.74) is -5.26. The zero-order valence-corrected chi connectivity index (χ0v) is 13.7. The van der Waals surface area contributed by atoms with Gasteiger partial charge in [-0.1, -0.05) is 0 Å². The molecule has 0 aromatic rings. The second-order valence-corrected chi connectivity index (χ2v) is 9.06. The number of nitrogens with zero attached hydrogens (tertiary/aromatic N) is 2. The van der Waals surface area contributed by atoms with Crippen LogP contribution in [0, 0.1) is 0 Å². The molecule has 2 heterocycles. The molecule has 0 unspecified atom stereocenters. The van der Waals surface area contributed by atoms with Crippen molar-refractivity contribution in [3.63, 3.8) is 0 Å². The van der Waals surface area contributed by atoms with E-state index in [4.69, 9.17) is 4.74 Å². The van der Waals surface area contributed by atoms with Gasteiger partial charge in [-0.3, -0.25) is 4.79 Å². The number of amides is 1. The number of carbonyl (C=O) groups excluding carboxylic acids is 1. The van der Waals surface area contributed by atoms with Gasteiger partial charge in [0.1, 0.15) is 6.61 Å². The SMILES string of the molecule is CN(C)C(=O)CO[C@H]1CSC2(C1)CN(S(=O)(=O)C(F)(F)F)C2. The molecule has 1 amide bonds. The Labute approximate surface area is 131 Å². The maximum absolute atomic E-state index is 12.4. The van der Waals surface area contributed by atoms with Crippen LogP contribution in [0.2, 0.25) is 0 Å². The van der Waals surface area contributed by atoms with Crippen LogP contribution < -0.4 is 0 Å². The van der Waals surface area contributed by atoms with Crippen LogP contribution in [0.3, 0.4) is 0 Å². The number of rotatable bonds is 4. The van der Waals surface area contributed by atoms with Crippen LogP contribution >= 0.6 is 11.8 Å². The smallest absolute Gasteiger partial charge is 0.367 e. The predicted octanol–water partition coefficient (Wildman–Crippen LogP) is 0.501. The van der Waals surface area contributed by atoms with Crippen molar-refractivity contribution in [1.29, 1.82) is 0 Å². The first-order chi connectivity index (χ1) is 9.97. The quantitative estimate of drug-likeness (QED) is 0.729. The van der Waals surface area contributed by atoms with Crippen molar-refractivity contribution in [2.24, 2.45) is 0 Å². The fourth-order valence-corrected chi connectivity index (χ4v) is 5.20. The van der Waals surface area contributed by atoms with Crippen LogP contribution in [0.15, 0.2) is 0 Å². The molecular weight excluding hydrogens is 345 g/mol. The summed E-state index contributed by atoms with van der Waals surface area (Å²) in [6.45, 7) is -0.416. The molecule has 1 spiro atoms. The zero-order valence-electron chi connectivity index (χ0n) is 12.1. The first-order valence-electron chi connectivity index (χ1n) is 6.49. The van der Waals surface area contributed by atoms with Crippen LogP contribution in [-0.2, 0) is 19.6 Å². The number of hydrogen-bond donors (Lipinski definition) is 0. The molecule has 0 saturated carbocycles. The van der Waals surface area contributed by atoms with Gasteiger partial charge in [-0.05, 0) is 6.42 Å². The maximum Gasteiger partial charge on any atom is 0.511 e. The minimum absolute atomic E-state index is 0.0845. The summed E-state index contributed by atoms with van der Waals surface area (Å²) in [5.74, 6) is 0.349. The third kappa shape index (κ3) is 3.36. The van der Waals surface area contributed by atoms with Crippen molar-refractivity contribution in [3.05, 3.63) is 0 Å². The van der Waals surface area contributed by atoms with Crippen molar-refractivity contribution >= 4 is 27.7 Å². The van der Waals surface area contributed by atoms with E-state index in [0.29, 0.717) is 16.5 Å². The second-order valence-electron chi connectivity index (χ2n) is 5.64. The molecule has 0 aromatic heterocycles. The summed E-state index contributed by atoms with van der Waals surface area (Å²) in [6.07, 6.45) is 0.201. The van der Waals surface area contributed by atoms with Crippen LogP contribution in [0.1, 0.15) is 6.42 Å². The average molecular weight is 362 g/mol. The number of likely N-dealkylation sites (N-methyl/N-ethyl adjacent to an activating group) is 1. The summed E-state index contributed by atoms with van der Waals surface area (Å²) in [4.78, 5) is 12.8. The molecule has 0 N–H and O–H groups in total. The Morgan fingerprint density at radius 1 is 1.41 bits per heavy atom. The van der Waals surface area contributed by atoms with E-state index in [1.807, 2.05) is 0 Å². The molecule has 2 aliphatic heterocycles. The van der Waals surface area contributed by atoms with Crippen LogP contribution in [0.4, 0.5) is 13.2 Å². The van der Waals surface area contributed by atoms with E-state index < -0.39 is 20.3 Å². The lowest BCUT2D eigenvalue weighted by molar-refractivity contribution is -0.135. The third-order valence-electron chi connectivity index (χ3n) is 3.68. The van der Waals surface area contributed by atoms with Crippen molar-refractivity contribution in [1.82, 2.24) is 9.21 Å². The van der Waals surface area contributed by atoms with Gasteiger partial charge in [0.2, 0.25) is 5.91 Å². The lowest BCUT2D eigenvalue weighted by Crippen LogP contribution is -2.62. The largest absolute Gasteiger partial charge is 0.511 e. The van der Waals surface area contributed by atoms with E-state index in [-0.39, 0.29) is 31.7 Å². The summed E-state index contributed by atoms with van der Waals surface area (Å²) in [6, 6.07) is 0. The highest BCUT2D eigenvalue weighted by molar-refractivity contribution is 8.01. The number of hydrogen-bond acceptors (Lipinski definition) is 5. The third-order valence-corrected chi connectivity index (χ3v) is 6.78. The summed E-state index contributed by atoms with van der Waals surface area (Å²) in [5, 5.41) is 0. The molecule has 2 rings (SSSR count). The fraction of sp³-hybridized carbons (Fsp3) is 0.909. The molecular formula is C11H17F3N2O4S2. The molecule has 0 aromatic carbocycles. The Morgan fingerprint density at radius 3 is 2.50 bits per heavy atom. The number of alkyl halides is 3. The molecule has 2 fully saturated rings. The van der Waals surface area contributed by atoms with Gasteiger partial charge in [-0.2, -0.15) is 17.5 Å². The number of ether oxygens (including phenoxy) is 1. The van der Waals surface area contributed by atoms with Gasteiger partial charge in [0.15, 0.2) is 0 Å². The first-order valence-corrected chi connectivity index (χ1v) is 8.92. The summed E-state index contributed by atoms with van der Waals surface area (Å²) >= 11 is 1.41. The van der Waals surface area contributed by atoms with Gasteiger partial charge in [0.25, 0.3) is 0 Å². The predicted molar refractivity (Wildman–Crippen MR) is 74.8 cm³/mol. The molecule has 0 bridgehead atoms. The topological polar surface area (TPSA) is 66.9 Å². The van der Waals surface area contributed by atoms with E-state index in [2.05, 4.69) is 0 Å². The van der Waals surface area contributed by atoms with E-state index >= 15 is 0 Å². The molecule has 22 heavy (non-hydrogen) atoms. The normalized spacial score (nSPS) is 25.2. The van der Waals surface area contributed by atoms with Crippen molar-refractivity contribution in [2.45, 2.75) is 22.8 Å². The molecule has 2 aliphatic rings. The molecule has 1 atom stereocenters. The second kappa shape index (κ2) is 5.84. The van der Waals surface area contributed by atoms with E-state index in [0.717, 1.165) is 0 Å². The molecule has 0 radical (unpaired) electrons. The van der Waals surface area contributed by atoms with Gasteiger partial charge in [0, 0.05) is 37.7 Å². The van der Waals surface area contributed by atoms with Gasteiger partial charge in [0.05, 0.1) is 6.10 Å². The minimum atomic E-state index is -5.26. The van der Waals surface area contributed by atoms with Crippen LogP contribution in [0.25, 0.3) is 0 Å². The van der Waals surface area contributed by atoms with Crippen molar-refractivity contribution in [3.8, 4) is 0 Å². The highest BCUT2D eigenvalue weighted by Crippen LogP contribution is 2.48. The molecule has 11 heteroatoms. The minimum Gasteiger partial charge on any atom is -0.367 e. The van der Waals surface area contributed by atoms with E-state index in [1.165, 1.54) is 16.7 Å². The van der Waals surface area contributed by atoms with Crippen LogP contribution in [0.5, 0.6) is 0 Å². The number of carbonyl (C=O) groups is 1. The number of thioether (sulfide) groups is 1. The first kappa shape index (κ1) is 17.8. The summed E-state index contributed by atoms with van der Waals surface area (Å²) in [7, 11) is -2.04. The number of halogens is 3. The monoisotopic (exact) mass is 362 g/mol. The Morgan fingerprint density at radius 2 is 2.00 bits per heavy atom. The highest BCUT2D eigenvalue weighted by Gasteiger charge is 2.60. The maximum atomic E-state index is 12.4. The Balaban J connectivity index is 1.85. The lowest BCUT2D eigenvalue weighted by Gasteiger charge is -2.46. The molecule has 0 aliphatic carbocycles. The average Bonchev–Trinajstić information content (AvgIpc) is 2.76. The van der Waals surface area contributed by atoms with Crippen molar-refractivity contribution < 1.29 is 31.1 Å².